The second kappa shape index (κ2) is 8.89. The lowest BCUT2D eigenvalue weighted by Crippen LogP contribution is -2.32. The molecule has 9 nitrogen and oxygen atoms in total. The second-order valence-corrected chi connectivity index (χ2v) is 7.49. The summed E-state index contributed by atoms with van der Waals surface area (Å²) in [6.07, 6.45) is -2.94. The van der Waals surface area contributed by atoms with Gasteiger partial charge in [0.05, 0.1) is 31.1 Å². The molecule has 0 aliphatic rings. The van der Waals surface area contributed by atoms with E-state index in [1.165, 1.54) is 36.3 Å². The Bertz CT molecular complexity index is 1280. The van der Waals surface area contributed by atoms with Crippen LogP contribution in [0, 0.1) is 0 Å². The van der Waals surface area contributed by atoms with Crippen LogP contribution in [0.1, 0.15) is 11.8 Å². The summed E-state index contributed by atoms with van der Waals surface area (Å²) in [5, 5.41) is 31.8. The van der Waals surface area contributed by atoms with E-state index in [-0.39, 0.29) is 11.4 Å². The monoisotopic (exact) mass is 482 g/mol. The molecule has 13 heteroatoms. The van der Waals surface area contributed by atoms with Crippen LogP contribution in [0.2, 0.25) is 5.02 Å². The quantitative estimate of drug-likeness (QED) is 0.347. The summed E-state index contributed by atoms with van der Waals surface area (Å²) < 4.78 is 46.4. The molecule has 1 unspecified atom stereocenters. The van der Waals surface area contributed by atoms with Gasteiger partial charge < -0.3 is 20.3 Å². The molecule has 3 heterocycles. The van der Waals surface area contributed by atoms with E-state index in [2.05, 4.69) is 20.5 Å². The van der Waals surface area contributed by atoms with Crippen LogP contribution < -0.4 is 10.1 Å². The van der Waals surface area contributed by atoms with Crippen LogP contribution in [0.4, 0.5) is 18.9 Å². The molecule has 4 rings (SSSR count). The van der Waals surface area contributed by atoms with Crippen LogP contribution in [0.25, 0.3) is 16.9 Å². The highest BCUT2D eigenvalue weighted by Gasteiger charge is 2.38. The van der Waals surface area contributed by atoms with E-state index >= 15 is 0 Å². The maximum absolute atomic E-state index is 12.9. The summed E-state index contributed by atoms with van der Waals surface area (Å²) in [6, 6.07) is 6.36. The van der Waals surface area contributed by atoms with Gasteiger partial charge in [-0.2, -0.15) is 23.4 Å². The molecule has 0 aliphatic carbocycles. The Morgan fingerprint density at radius 2 is 2.06 bits per heavy atom. The maximum Gasteiger partial charge on any atom is 0.416 e. The van der Waals surface area contributed by atoms with Crippen LogP contribution in [0.5, 0.6) is 5.75 Å². The zero-order valence-electron chi connectivity index (χ0n) is 17.0. The fourth-order valence-electron chi connectivity index (χ4n) is 3.23. The summed E-state index contributed by atoms with van der Waals surface area (Å²) in [4.78, 5) is 4.18. The molecule has 0 saturated heterocycles. The summed E-state index contributed by atoms with van der Waals surface area (Å²) in [5.74, 6) is 0.358. The number of halogens is 4. The number of methoxy groups -OCH3 is 1. The van der Waals surface area contributed by atoms with Crippen LogP contribution >= 0.6 is 11.6 Å². The first-order chi connectivity index (χ1) is 15.7. The predicted octanol–water partition coefficient (Wildman–Crippen LogP) is 3.28. The second-order valence-electron chi connectivity index (χ2n) is 7.05. The molecule has 33 heavy (non-hydrogen) atoms. The summed E-state index contributed by atoms with van der Waals surface area (Å²) in [5.41, 5.74) is 1.43. The summed E-state index contributed by atoms with van der Waals surface area (Å²) in [7, 11) is 1.42. The van der Waals surface area contributed by atoms with Gasteiger partial charge in [-0.3, -0.25) is 4.68 Å². The molecule has 0 saturated carbocycles. The van der Waals surface area contributed by atoms with Crippen molar-refractivity contribution in [3.05, 3.63) is 59.6 Å². The van der Waals surface area contributed by atoms with Gasteiger partial charge in [0.15, 0.2) is 18.0 Å². The SMILES string of the molecule is COc1ccc(Cl)cc1-c1nn(C[C@@H](O)C(F)(F)F)cc1NC(O)c1cnn2cccnc12. The van der Waals surface area contributed by atoms with Crippen molar-refractivity contribution >= 4 is 22.9 Å². The fourth-order valence-corrected chi connectivity index (χ4v) is 3.40. The molecule has 0 radical (unpaired) electrons. The lowest BCUT2D eigenvalue weighted by molar-refractivity contribution is -0.208. The number of alkyl halides is 3. The zero-order valence-corrected chi connectivity index (χ0v) is 17.8. The van der Waals surface area contributed by atoms with Crippen molar-refractivity contribution in [2.24, 2.45) is 0 Å². The molecule has 3 N–H and O–H groups in total. The number of hydrogen-bond acceptors (Lipinski definition) is 7. The van der Waals surface area contributed by atoms with E-state index in [0.29, 0.717) is 27.5 Å². The molecule has 0 aliphatic heterocycles. The number of aliphatic hydroxyl groups excluding tert-OH is 2. The van der Waals surface area contributed by atoms with Gasteiger partial charge in [0.25, 0.3) is 0 Å². The number of rotatable bonds is 7. The van der Waals surface area contributed by atoms with Gasteiger partial charge in [-0.1, -0.05) is 11.6 Å². The Morgan fingerprint density at radius 1 is 1.27 bits per heavy atom. The molecule has 4 aromatic rings. The smallest absolute Gasteiger partial charge is 0.416 e. The first-order valence-electron chi connectivity index (χ1n) is 9.56. The molecule has 0 spiro atoms. The molecular weight excluding hydrogens is 465 g/mol. The minimum atomic E-state index is -4.82. The number of aliphatic hydroxyl groups is 2. The Hall–Kier alpha value is -3.35. The van der Waals surface area contributed by atoms with E-state index in [9.17, 15) is 23.4 Å². The van der Waals surface area contributed by atoms with Crippen LogP contribution in [0.15, 0.2) is 49.1 Å². The van der Waals surface area contributed by atoms with Crippen molar-refractivity contribution in [2.75, 3.05) is 12.4 Å². The topological polar surface area (TPSA) is 110 Å². The maximum atomic E-state index is 12.9. The van der Waals surface area contributed by atoms with E-state index in [4.69, 9.17) is 16.3 Å². The molecule has 3 aromatic heterocycles. The minimum absolute atomic E-state index is 0.159. The number of ether oxygens (including phenoxy) is 1. The standard InChI is InChI=1S/C20H18ClF3N6O3/c1-33-15-4-3-11(21)7-12(15)17-14(9-29(28-17)10-16(31)20(22,23)24)27-19(32)13-8-26-30-6-2-5-25-18(13)30/h2-9,16,19,27,31-32H,10H2,1H3/t16-,19?/m1/s1. The molecule has 2 atom stereocenters. The van der Waals surface area contributed by atoms with Crippen molar-refractivity contribution in [3.8, 4) is 17.0 Å². The normalized spacial score (nSPS) is 13.8. The number of fused-ring (bicyclic) bond motifs is 1. The lowest BCUT2D eigenvalue weighted by atomic mass is 10.1. The fraction of sp³-hybridized carbons (Fsp3) is 0.250. The first kappa shape index (κ1) is 22.8. The molecular formula is C20H18ClF3N6O3. The number of aromatic nitrogens is 5. The van der Waals surface area contributed by atoms with Crippen LogP contribution in [-0.4, -0.2) is 54.0 Å². The van der Waals surface area contributed by atoms with Gasteiger partial charge in [0.2, 0.25) is 0 Å². The third-order valence-electron chi connectivity index (χ3n) is 4.81. The third-order valence-corrected chi connectivity index (χ3v) is 5.04. The predicted molar refractivity (Wildman–Crippen MR) is 113 cm³/mol. The first-order valence-corrected chi connectivity index (χ1v) is 9.94. The van der Waals surface area contributed by atoms with E-state index in [0.717, 1.165) is 4.68 Å². The lowest BCUT2D eigenvalue weighted by Gasteiger charge is -2.14. The number of benzene rings is 1. The van der Waals surface area contributed by atoms with Crippen molar-refractivity contribution in [1.82, 2.24) is 24.4 Å². The average Bonchev–Trinajstić information content (AvgIpc) is 3.37. The average molecular weight is 483 g/mol. The van der Waals surface area contributed by atoms with Gasteiger partial charge in [0, 0.05) is 29.2 Å². The van der Waals surface area contributed by atoms with Gasteiger partial charge in [-0.25, -0.2) is 9.50 Å². The Balaban J connectivity index is 1.75. The molecule has 0 fully saturated rings. The molecule has 0 amide bonds. The van der Waals surface area contributed by atoms with Crippen molar-refractivity contribution < 1.29 is 28.1 Å². The Kier molecular flexibility index (Phi) is 6.15. The zero-order chi connectivity index (χ0) is 23.8. The highest BCUT2D eigenvalue weighted by atomic mass is 35.5. The summed E-state index contributed by atoms with van der Waals surface area (Å²) >= 11 is 6.11. The van der Waals surface area contributed by atoms with Crippen molar-refractivity contribution in [1.29, 1.82) is 0 Å². The number of anilines is 1. The Morgan fingerprint density at radius 3 is 2.79 bits per heavy atom. The largest absolute Gasteiger partial charge is 0.496 e. The van der Waals surface area contributed by atoms with Crippen LogP contribution in [0.3, 0.4) is 0 Å². The highest BCUT2D eigenvalue weighted by molar-refractivity contribution is 6.31. The van der Waals surface area contributed by atoms with Crippen molar-refractivity contribution in [3.63, 3.8) is 0 Å². The van der Waals surface area contributed by atoms with Gasteiger partial charge in [-0.05, 0) is 24.3 Å². The van der Waals surface area contributed by atoms with E-state index in [1.807, 2.05) is 0 Å². The van der Waals surface area contributed by atoms with Gasteiger partial charge in [-0.15, -0.1) is 0 Å². The molecule has 1 aromatic carbocycles. The number of nitrogens with zero attached hydrogens (tertiary/aromatic N) is 5. The third kappa shape index (κ3) is 4.72. The minimum Gasteiger partial charge on any atom is -0.496 e. The van der Waals surface area contributed by atoms with Gasteiger partial charge in [0.1, 0.15) is 11.4 Å². The van der Waals surface area contributed by atoms with E-state index < -0.39 is 25.1 Å². The number of nitrogens with one attached hydrogen (secondary N) is 1. The van der Waals surface area contributed by atoms with Crippen LogP contribution in [-0.2, 0) is 6.54 Å². The summed E-state index contributed by atoms with van der Waals surface area (Å²) in [6.45, 7) is -0.852. The number of hydrogen-bond donors (Lipinski definition) is 3. The highest BCUT2D eigenvalue weighted by Crippen LogP contribution is 2.37. The Labute approximate surface area is 190 Å². The molecule has 0 bridgehead atoms. The van der Waals surface area contributed by atoms with Gasteiger partial charge >= 0.3 is 6.18 Å². The molecule has 174 valence electrons. The van der Waals surface area contributed by atoms with E-state index in [1.54, 1.807) is 24.4 Å². The van der Waals surface area contributed by atoms with Crippen molar-refractivity contribution in [2.45, 2.75) is 25.1 Å².